The minimum Gasteiger partial charge on any atom is -0.393 e. The van der Waals surface area contributed by atoms with Crippen molar-refractivity contribution < 1.29 is 5.11 Å². The molecule has 0 aliphatic heterocycles. The zero-order valence-electron chi connectivity index (χ0n) is 13.3. The number of aliphatic hydroxyl groups is 1. The van der Waals surface area contributed by atoms with Gasteiger partial charge in [-0.05, 0) is 35.1 Å². The predicted octanol–water partition coefficient (Wildman–Crippen LogP) is -0.211. The summed E-state index contributed by atoms with van der Waals surface area (Å²) in [5, 5.41) is 9.25. The SMILES string of the molecule is CC(O)C(C)(C)C(N)CN.CN(C)CCN(C)C. The lowest BCUT2D eigenvalue weighted by atomic mass is 9.80. The Hall–Kier alpha value is -0.200. The summed E-state index contributed by atoms with van der Waals surface area (Å²) in [7, 11) is 8.35. The van der Waals surface area contributed by atoms with Gasteiger partial charge in [-0.25, -0.2) is 0 Å². The summed E-state index contributed by atoms with van der Waals surface area (Å²) in [5.74, 6) is 0. The first-order chi connectivity index (χ1) is 8.05. The first-order valence-corrected chi connectivity index (χ1v) is 6.48. The molecular weight excluding hydrogens is 228 g/mol. The first-order valence-electron chi connectivity index (χ1n) is 6.48. The number of rotatable bonds is 6. The van der Waals surface area contributed by atoms with Gasteiger partial charge in [-0.2, -0.15) is 0 Å². The number of nitrogens with two attached hydrogens (primary N) is 2. The molecule has 2 unspecified atom stereocenters. The van der Waals surface area contributed by atoms with Crippen molar-refractivity contribution in [2.75, 3.05) is 47.8 Å². The van der Waals surface area contributed by atoms with E-state index in [1.54, 1.807) is 6.92 Å². The van der Waals surface area contributed by atoms with Crippen LogP contribution in [0.5, 0.6) is 0 Å². The average molecular weight is 262 g/mol. The number of hydrogen-bond donors (Lipinski definition) is 3. The molecule has 5 nitrogen and oxygen atoms in total. The minimum absolute atomic E-state index is 0.132. The molecule has 0 rings (SSSR count). The standard InChI is InChI=1S/C7H18N2O.C6H16N2/c1-5(10)7(2,3)6(9)4-8;1-7(2)5-6-8(3)4/h5-6,10H,4,8-9H2,1-3H3;5-6H2,1-4H3. The van der Waals surface area contributed by atoms with Crippen molar-refractivity contribution in [2.24, 2.45) is 16.9 Å². The van der Waals surface area contributed by atoms with Crippen LogP contribution in [0.1, 0.15) is 20.8 Å². The number of hydrogen-bond acceptors (Lipinski definition) is 5. The van der Waals surface area contributed by atoms with Crippen LogP contribution in [-0.2, 0) is 0 Å². The van der Waals surface area contributed by atoms with Gasteiger partial charge in [0.25, 0.3) is 0 Å². The molecule has 0 aromatic rings. The molecule has 0 saturated heterocycles. The largest absolute Gasteiger partial charge is 0.393 e. The summed E-state index contributed by atoms with van der Waals surface area (Å²) >= 11 is 0. The lowest BCUT2D eigenvalue weighted by molar-refractivity contribution is 0.0484. The van der Waals surface area contributed by atoms with E-state index in [1.165, 1.54) is 0 Å². The zero-order chi connectivity index (χ0) is 14.9. The highest BCUT2D eigenvalue weighted by molar-refractivity contribution is 4.85. The van der Waals surface area contributed by atoms with Gasteiger partial charge in [0.1, 0.15) is 0 Å². The van der Waals surface area contributed by atoms with Crippen molar-refractivity contribution in [3.8, 4) is 0 Å². The van der Waals surface area contributed by atoms with Crippen molar-refractivity contribution >= 4 is 0 Å². The van der Waals surface area contributed by atoms with Gasteiger partial charge in [0.15, 0.2) is 0 Å². The summed E-state index contributed by atoms with van der Waals surface area (Å²) < 4.78 is 0. The molecular formula is C13H34N4O. The maximum Gasteiger partial charge on any atom is 0.0578 e. The maximum atomic E-state index is 9.25. The maximum absolute atomic E-state index is 9.25. The van der Waals surface area contributed by atoms with Crippen LogP contribution in [0, 0.1) is 5.41 Å². The highest BCUT2D eigenvalue weighted by atomic mass is 16.3. The van der Waals surface area contributed by atoms with E-state index in [0.717, 1.165) is 13.1 Å². The predicted molar refractivity (Wildman–Crippen MR) is 79.6 cm³/mol. The Morgan fingerprint density at radius 1 is 1.06 bits per heavy atom. The van der Waals surface area contributed by atoms with Gasteiger partial charge in [-0.3, -0.25) is 0 Å². The molecule has 2 atom stereocenters. The third kappa shape index (κ3) is 9.79. The Kier molecular flexibility index (Phi) is 10.8. The smallest absolute Gasteiger partial charge is 0.0578 e. The third-order valence-corrected chi connectivity index (χ3v) is 3.28. The van der Waals surface area contributed by atoms with E-state index < -0.39 is 6.10 Å². The molecule has 0 heterocycles. The summed E-state index contributed by atoms with van der Waals surface area (Å²) in [6, 6.07) is -0.132. The fraction of sp³-hybridized carbons (Fsp3) is 1.00. The lowest BCUT2D eigenvalue weighted by Crippen LogP contribution is -2.48. The van der Waals surface area contributed by atoms with Crippen LogP contribution in [-0.4, -0.2) is 74.9 Å². The quantitative estimate of drug-likeness (QED) is 0.617. The number of likely N-dealkylation sites (N-methyl/N-ethyl adjacent to an activating group) is 2. The molecule has 0 aliphatic rings. The van der Waals surface area contributed by atoms with E-state index in [9.17, 15) is 5.11 Å². The summed E-state index contributed by atoms with van der Waals surface area (Å²) in [4.78, 5) is 4.36. The van der Waals surface area contributed by atoms with Crippen LogP contribution in [0.4, 0.5) is 0 Å². The molecule has 0 radical (unpaired) electrons. The fourth-order valence-electron chi connectivity index (χ4n) is 1.01. The van der Waals surface area contributed by atoms with Crippen molar-refractivity contribution in [3.05, 3.63) is 0 Å². The summed E-state index contributed by atoms with van der Waals surface area (Å²) in [6.07, 6.45) is -0.411. The lowest BCUT2D eigenvalue weighted by Gasteiger charge is -2.33. The van der Waals surface area contributed by atoms with Gasteiger partial charge >= 0.3 is 0 Å². The minimum atomic E-state index is -0.411. The highest BCUT2D eigenvalue weighted by Crippen LogP contribution is 2.22. The van der Waals surface area contributed by atoms with E-state index in [0.29, 0.717) is 6.54 Å². The van der Waals surface area contributed by atoms with Crippen LogP contribution in [0.25, 0.3) is 0 Å². The second-order valence-electron chi connectivity index (χ2n) is 5.95. The van der Waals surface area contributed by atoms with Gasteiger partial charge in [0, 0.05) is 31.1 Å². The molecule has 0 aromatic carbocycles. The first kappa shape index (κ1) is 20.1. The Morgan fingerprint density at radius 2 is 1.39 bits per heavy atom. The topological polar surface area (TPSA) is 78.7 Å². The third-order valence-electron chi connectivity index (χ3n) is 3.28. The molecule has 0 amide bonds. The summed E-state index contributed by atoms with van der Waals surface area (Å²) in [5.41, 5.74) is 10.7. The Morgan fingerprint density at radius 3 is 1.50 bits per heavy atom. The molecule has 0 spiro atoms. The van der Waals surface area contributed by atoms with Crippen molar-refractivity contribution in [1.29, 1.82) is 0 Å². The van der Waals surface area contributed by atoms with E-state index in [-0.39, 0.29) is 11.5 Å². The Balaban J connectivity index is 0. The fourth-order valence-corrected chi connectivity index (χ4v) is 1.01. The second kappa shape index (κ2) is 9.69. The molecule has 0 aliphatic carbocycles. The monoisotopic (exact) mass is 262 g/mol. The van der Waals surface area contributed by atoms with Crippen molar-refractivity contribution in [1.82, 2.24) is 9.80 Å². The van der Waals surface area contributed by atoms with Crippen LogP contribution < -0.4 is 11.5 Å². The molecule has 0 aromatic heterocycles. The molecule has 0 saturated carbocycles. The highest BCUT2D eigenvalue weighted by Gasteiger charge is 2.30. The van der Waals surface area contributed by atoms with Gasteiger partial charge < -0.3 is 26.4 Å². The molecule has 112 valence electrons. The molecule has 5 heteroatoms. The van der Waals surface area contributed by atoms with Crippen LogP contribution in [0.2, 0.25) is 0 Å². The van der Waals surface area contributed by atoms with Crippen LogP contribution >= 0.6 is 0 Å². The van der Waals surface area contributed by atoms with Crippen molar-refractivity contribution in [3.63, 3.8) is 0 Å². The van der Waals surface area contributed by atoms with Gasteiger partial charge in [-0.1, -0.05) is 13.8 Å². The van der Waals surface area contributed by atoms with Gasteiger partial charge in [0.2, 0.25) is 0 Å². The number of aliphatic hydroxyl groups excluding tert-OH is 1. The van der Waals surface area contributed by atoms with E-state index >= 15 is 0 Å². The van der Waals surface area contributed by atoms with Gasteiger partial charge in [-0.15, -0.1) is 0 Å². The zero-order valence-corrected chi connectivity index (χ0v) is 13.3. The molecule has 5 N–H and O–H groups in total. The normalized spacial score (nSPS) is 15.3. The number of nitrogens with zero attached hydrogens (tertiary/aromatic N) is 2. The molecule has 0 fully saturated rings. The Bertz CT molecular complexity index is 185. The van der Waals surface area contributed by atoms with Crippen molar-refractivity contribution in [2.45, 2.75) is 32.9 Å². The Labute approximate surface area is 113 Å². The van der Waals surface area contributed by atoms with E-state index in [4.69, 9.17) is 11.5 Å². The van der Waals surface area contributed by atoms with E-state index in [1.807, 2.05) is 13.8 Å². The average Bonchev–Trinajstić information content (AvgIpc) is 2.25. The van der Waals surface area contributed by atoms with E-state index in [2.05, 4.69) is 38.0 Å². The van der Waals surface area contributed by atoms with Crippen LogP contribution in [0.3, 0.4) is 0 Å². The molecule has 0 bridgehead atoms. The summed E-state index contributed by atoms with van der Waals surface area (Å²) in [6.45, 7) is 8.26. The second-order valence-corrected chi connectivity index (χ2v) is 5.95. The van der Waals surface area contributed by atoms with Crippen LogP contribution in [0.15, 0.2) is 0 Å². The molecule has 18 heavy (non-hydrogen) atoms. The van der Waals surface area contributed by atoms with Gasteiger partial charge in [0.05, 0.1) is 6.10 Å².